The van der Waals surface area contributed by atoms with E-state index in [-0.39, 0.29) is 12.4 Å². The molecule has 0 unspecified atom stereocenters. The number of fused-ring (bicyclic) bond motifs is 4. The molecule has 6 rings (SSSR count). The second-order valence-electron chi connectivity index (χ2n) is 12.0. The van der Waals surface area contributed by atoms with Crippen molar-refractivity contribution in [1.29, 1.82) is 5.26 Å². The molecular formula is C33H40N4O5. The van der Waals surface area contributed by atoms with Crippen LogP contribution in [-0.4, -0.2) is 92.7 Å². The van der Waals surface area contributed by atoms with E-state index in [1.165, 1.54) is 0 Å². The van der Waals surface area contributed by atoms with Crippen molar-refractivity contribution in [2.75, 3.05) is 71.2 Å². The summed E-state index contributed by atoms with van der Waals surface area (Å²) in [5.74, 6) is 0.647. The van der Waals surface area contributed by atoms with Gasteiger partial charge in [0.2, 0.25) is 0 Å². The summed E-state index contributed by atoms with van der Waals surface area (Å²) in [6.07, 6.45) is 2.13. The van der Waals surface area contributed by atoms with E-state index in [2.05, 4.69) is 35.8 Å². The van der Waals surface area contributed by atoms with Crippen LogP contribution in [-0.2, 0) is 21.4 Å². The van der Waals surface area contributed by atoms with Gasteiger partial charge in [0.05, 0.1) is 54.8 Å². The third-order valence-corrected chi connectivity index (χ3v) is 9.27. The largest absolute Gasteiger partial charge is 0.489 e. The van der Waals surface area contributed by atoms with Gasteiger partial charge in [-0.25, -0.2) is 0 Å². The SMILES string of the molecule is COCCOc1cc2c(cc1N1CCC(N3CCOCC3)CC1)C(C)(C)c1c(c3ccc(C#N)cc3n1CCO)C2=O. The summed E-state index contributed by atoms with van der Waals surface area (Å²) >= 11 is 0. The van der Waals surface area contributed by atoms with Crippen LogP contribution in [0, 0.1) is 11.3 Å². The van der Waals surface area contributed by atoms with Crippen LogP contribution in [0.15, 0.2) is 30.3 Å². The van der Waals surface area contributed by atoms with Gasteiger partial charge in [-0.3, -0.25) is 9.69 Å². The molecule has 3 heterocycles. The summed E-state index contributed by atoms with van der Waals surface area (Å²) in [5, 5.41) is 20.4. The van der Waals surface area contributed by atoms with E-state index >= 15 is 0 Å². The smallest absolute Gasteiger partial charge is 0.195 e. The van der Waals surface area contributed by atoms with Crippen molar-refractivity contribution in [3.8, 4) is 11.8 Å². The van der Waals surface area contributed by atoms with Crippen LogP contribution >= 0.6 is 0 Å². The van der Waals surface area contributed by atoms with Gasteiger partial charge in [-0.1, -0.05) is 19.9 Å². The van der Waals surface area contributed by atoms with Crippen molar-refractivity contribution in [2.24, 2.45) is 0 Å². The summed E-state index contributed by atoms with van der Waals surface area (Å²) in [5.41, 5.74) is 4.90. The maximum Gasteiger partial charge on any atom is 0.195 e. The first-order valence-electron chi connectivity index (χ1n) is 15.0. The Labute approximate surface area is 247 Å². The van der Waals surface area contributed by atoms with Crippen LogP contribution in [0.4, 0.5) is 5.69 Å². The second kappa shape index (κ2) is 11.7. The zero-order chi connectivity index (χ0) is 29.4. The van der Waals surface area contributed by atoms with E-state index in [1.807, 2.05) is 22.8 Å². The van der Waals surface area contributed by atoms with Gasteiger partial charge in [-0.05, 0) is 42.7 Å². The third-order valence-electron chi connectivity index (χ3n) is 9.27. The molecule has 2 fully saturated rings. The van der Waals surface area contributed by atoms with E-state index in [9.17, 15) is 15.2 Å². The van der Waals surface area contributed by atoms with E-state index in [4.69, 9.17) is 14.2 Å². The molecule has 0 radical (unpaired) electrons. The molecule has 9 nitrogen and oxygen atoms in total. The monoisotopic (exact) mass is 572 g/mol. The van der Waals surface area contributed by atoms with Crippen LogP contribution in [0.1, 0.15) is 59.4 Å². The average molecular weight is 573 g/mol. The van der Waals surface area contributed by atoms with Gasteiger partial charge in [0, 0.05) is 67.9 Å². The predicted octanol–water partition coefficient (Wildman–Crippen LogP) is 3.70. The number of rotatable bonds is 8. The van der Waals surface area contributed by atoms with Gasteiger partial charge >= 0.3 is 0 Å². The second-order valence-corrected chi connectivity index (χ2v) is 12.0. The molecule has 0 bridgehead atoms. The number of aromatic nitrogens is 1. The van der Waals surface area contributed by atoms with Crippen LogP contribution in [0.25, 0.3) is 10.9 Å². The van der Waals surface area contributed by atoms with Crippen molar-refractivity contribution < 1.29 is 24.1 Å². The summed E-state index contributed by atoms with van der Waals surface area (Å²) in [6.45, 7) is 10.8. The minimum Gasteiger partial charge on any atom is -0.489 e. The minimum atomic E-state index is -0.536. The zero-order valence-electron chi connectivity index (χ0n) is 24.8. The maximum absolute atomic E-state index is 14.3. The van der Waals surface area contributed by atoms with Crippen LogP contribution < -0.4 is 9.64 Å². The Kier molecular flexibility index (Phi) is 7.99. The number of carbonyl (C=O) groups excluding carboxylic acids is 1. The molecule has 0 atom stereocenters. The molecule has 0 saturated carbocycles. The highest BCUT2D eigenvalue weighted by Gasteiger charge is 2.43. The van der Waals surface area contributed by atoms with Crippen LogP contribution in [0.3, 0.4) is 0 Å². The number of carbonyl (C=O) groups is 1. The molecule has 222 valence electrons. The molecule has 3 aromatic rings. The number of methoxy groups -OCH3 is 1. The average Bonchev–Trinajstić information content (AvgIpc) is 3.35. The van der Waals surface area contributed by atoms with Crippen LogP contribution in [0.5, 0.6) is 5.75 Å². The fourth-order valence-corrected chi connectivity index (χ4v) is 7.18. The fourth-order valence-electron chi connectivity index (χ4n) is 7.18. The molecule has 2 saturated heterocycles. The quantitative estimate of drug-likeness (QED) is 0.408. The highest BCUT2D eigenvalue weighted by Crippen LogP contribution is 2.48. The lowest BCUT2D eigenvalue weighted by atomic mass is 9.70. The number of nitriles is 1. The molecule has 3 aliphatic rings. The van der Waals surface area contributed by atoms with E-state index in [0.717, 1.165) is 80.1 Å². The first-order valence-corrected chi connectivity index (χ1v) is 15.0. The molecule has 1 aliphatic carbocycles. The highest BCUT2D eigenvalue weighted by molar-refractivity contribution is 6.20. The van der Waals surface area contributed by atoms with Gasteiger partial charge < -0.3 is 28.8 Å². The number of ether oxygens (including phenoxy) is 3. The molecule has 0 spiro atoms. The minimum absolute atomic E-state index is 0.0557. The fraction of sp³-hybridized carbons (Fsp3) is 0.515. The number of aliphatic hydroxyl groups excluding tert-OH is 1. The maximum atomic E-state index is 14.3. The van der Waals surface area contributed by atoms with Gasteiger partial charge in [0.15, 0.2) is 5.78 Å². The molecule has 42 heavy (non-hydrogen) atoms. The Morgan fingerprint density at radius 2 is 1.86 bits per heavy atom. The van der Waals surface area contributed by atoms with Gasteiger partial charge in [0.25, 0.3) is 0 Å². The molecule has 9 heteroatoms. The van der Waals surface area contributed by atoms with Crippen molar-refractivity contribution in [1.82, 2.24) is 9.47 Å². The number of hydrogen-bond acceptors (Lipinski definition) is 8. The number of piperidine rings is 1. The molecular weight excluding hydrogens is 532 g/mol. The van der Waals surface area contributed by atoms with Crippen molar-refractivity contribution >= 4 is 22.4 Å². The lowest BCUT2D eigenvalue weighted by molar-refractivity contribution is 0.0115. The molecule has 1 N–H and O–H groups in total. The van der Waals surface area contributed by atoms with Crippen LogP contribution in [0.2, 0.25) is 0 Å². The first-order chi connectivity index (χ1) is 20.4. The number of anilines is 1. The van der Waals surface area contributed by atoms with Gasteiger partial charge in [0.1, 0.15) is 12.4 Å². The van der Waals surface area contributed by atoms with E-state index in [1.54, 1.807) is 13.2 Å². The molecule has 0 amide bonds. The Morgan fingerprint density at radius 3 is 2.55 bits per heavy atom. The lowest BCUT2D eigenvalue weighted by Gasteiger charge is -2.42. The topological polar surface area (TPSA) is 100 Å². The van der Waals surface area contributed by atoms with E-state index in [0.29, 0.717) is 48.2 Å². The first kappa shape index (κ1) is 28.7. The number of ketones is 1. The summed E-state index contributed by atoms with van der Waals surface area (Å²) in [6, 6.07) is 12.3. The number of hydrogen-bond donors (Lipinski definition) is 1. The number of benzene rings is 2. The predicted molar refractivity (Wildman–Crippen MR) is 161 cm³/mol. The van der Waals surface area contributed by atoms with Crippen molar-refractivity contribution in [2.45, 2.75) is 44.7 Å². The van der Waals surface area contributed by atoms with Gasteiger partial charge in [-0.15, -0.1) is 0 Å². The van der Waals surface area contributed by atoms with Crippen molar-refractivity contribution in [3.05, 3.63) is 58.3 Å². The Morgan fingerprint density at radius 1 is 1.10 bits per heavy atom. The lowest BCUT2D eigenvalue weighted by Crippen LogP contribution is -2.49. The third kappa shape index (κ3) is 4.86. The number of aliphatic hydroxyl groups is 1. The Balaban J connectivity index is 1.43. The Bertz CT molecular complexity index is 1520. The zero-order valence-corrected chi connectivity index (χ0v) is 24.8. The Hall–Kier alpha value is -3.42. The standard InChI is InChI=1S/C33H40N4O5/c1-33(2)26-20-28(36-8-6-23(7-9-36)35-11-14-41-15-12-35)29(42-17-16-40-3)19-25(26)31(39)30-24-5-4-22(21-34)18-27(24)37(10-13-38)32(30)33/h4-5,18-20,23,38H,6-17H2,1-3H3. The number of morpholine rings is 1. The van der Waals surface area contributed by atoms with E-state index < -0.39 is 5.41 Å². The summed E-state index contributed by atoms with van der Waals surface area (Å²) < 4.78 is 19.2. The normalized spacial score (nSPS) is 19.0. The molecule has 2 aliphatic heterocycles. The highest BCUT2D eigenvalue weighted by atomic mass is 16.5. The number of nitrogens with zero attached hydrogens (tertiary/aromatic N) is 4. The summed E-state index contributed by atoms with van der Waals surface area (Å²) in [7, 11) is 1.65. The molecule has 1 aromatic heterocycles. The van der Waals surface area contributed by atoms with Gasteiger partial charge in [-0.2, -0.15) is 5.26 Å². The van der Waals surface area contributed by atoms with Crippen molar-refractivity contribution in [3.63, 3.8) is 0 Å². The summed E-state index contributed by atoms with van der Waals surface area (Å²) in [4.78, 5) is 19.3. The molecule has 2 aromatic carbocycles.